The average Bonchev–Trinajstić information content (AvgIpc) is 3.62. The number of carbonyl (C=O) groups is 1. The number of esters is 1. The van der Waals surface area contributed by atoms with Crippen LogP contribution in [-0.2, 0) is 16.1 Å². The summed E-state index contributed by atoms with van der Waals surface area (Å²) in [6.07, 6.45) is 3.42. The number of piperidine rings is 1. The summed E-state index contributed by atoms with van der Waals surface area (Å²) in [5, 5.41) is 4.16. The van der Waals surface area contributed by atoms with E-state index in [1.54, 1.807) is 12.1 Å². The monoisotopic (exact) mass is 544 g/mol. The molecule has 1 saturated carbocycles. The standard InChI is InChI=1S/C27H27F3N4O5/c1-36-25(35)16-12-31-26(32-13-16)34-17-8-9-18(34)11-19(10-17)37-14-21-23(33-39-24(21)15-6-7-15)20-4-2-3-5-22(20)38-27(28,29)30/h2-5,12-13,15,17-19H,6-11,14H2,1H3/t17-,18?,19?/m0/s1. The molecule has 2 aromatic heterocycles. The zero-order valence-corrected chi connectivity index (χ0v) is 21.2. The number of methoxy groups -OCH3 is 1. The lowest BCUT2D eigenvalue weighted by molar-refractivity contribution is -0.274. The molecule has 206 valence electrons. The zero-order chi connectivity index (χ0) is 27.1. The Kier molecular flexibility index (Phi) is 6.66. The Morgan fingerprint density at radius 3 is 2.41 bits per heavy atom. The summed E-state index contributed by atoms with van der Waals surface area (Å²) in [4.78, 5) is 22.7. The highest BCUT2D eigenvalue weighted by molar-refractivity contribution is 5.88. The maximum atomic E-state index is 13.1. The highest BCUT2D eigenvalue weighted by atomic mass is 19.4. The van der Waals surface area contributed by atoms with Crippen LogP contribution in [-0.4, -0.2) is 52.8 Å². The fourth-order valence-electron chi connectivity index (χ4n) is 5.68. The van der Waals surface area contributed by atoms with Gasteiger partial charge in [-0.1, -0.05) is 17.3 Å². The van der Waals surface area contributed by atoms with Crippen LogP contribution in [0.5, 0.6) is 5.75 Å². The van der Waals surface area contributed by atoms with Gasteiger partial charge in [0.1, 0.15) is 17.2 Å². The van der Waals surface area contributed by atoms with Crippen LogP contribution in [0.25, 0.3) is 11.3 Å². The molecule has 6 rings (SSSR count). The minimum atomic E-state index is -4.83. The van der Waals surface area contributed by atoms with Gasteiger partial charge in [0, 0.05) is 41.5 Å². The van der Waals surface area contributed by atoms with Gasteiger partial charge in [-0.25, -0.2) is 14.8 Å². The maximum absolute atomic E-state index is 13.1. The third-order valence-electron chi connectivity index (χ3n) is 7.58. The summed E-state index contributed by atoms with van der Waals surface area (Å²) in [6, 6.07) is 6.31. The molecule has 0 N–H and O–H groups in total. The SMILES string of the molecule is COC(=O)c1cnc(N2C3CC[C@H]2CC(OCc2c(-c4ccccc4OC(F)(F)F)noc2C2CC2)C3)nc1. The lowest BCUT2D eigenvalue weighted by Gasteiger charge is -2.38. The number of fused-ring (bicyclic) bond motifs is 2. The van der Waals surface area contributed by atoms with E-state index in [1.807, 2.05) is 0 Å². The molecule has 12 heteroatoms. The van der Waals surface area contributed by atoms with Crippen molar-refractivity contribution in [1.29, 1.82) is 0 Å². The lowest BCUT2D eigenvalue weighted by Crippen LogP contribution is -2.46. The van der Waals surface area contributed by atoms with Crippen molar-refractivity contribution in [1.82, 2.24) is 15.1 Å². The fraction of sp³-hybridized carbons (Fsp3) is 0.481. The van der Waals surface area contributed by atoms with Crippen molar-refractivity contribution >= 4 is 11.9 Å². The summed E-state index contributed by atoms with van der Waals surface area (Å²) in [6.45, 7) is 0.180. The van der Waals surface area contributed by atoms with Crippen molar-refractivity contribution < 1.29 is 36.7 Å². The van der Waals surface area contributed by atoms with Gasteiger partial charge >= 0.3 is 12.3 Å². The molecule has 3 aliphatic rings. The number of halogens is 3. The number of ether oxygens (including phenoxy) is 3. The van der Waals surface area contributed by atoms with E-state index >= 15 is 0 Å². The molecule has 3 atom stereocenters. The molecule has 0 radical (unpaired) electrons. The van der Waals surface area contributed by atoms with Crippen LogP contribution < -0.4 is 9.64 Å². The van der Waals surface area contributed by atoms with Crippen LogP contribution in [0.4, 0.5) is 19.1 Å². The third-order valence-corrected chi connectivity index (χ3v) is 7.58. The van der Waals surface area contributed by atoms with E-state index in [0.717, 1.165) is 38.5 Å². The highest BCUT2D eigenvalue weighted by Crippen LogP contribution is 2.46. The Labute approximate surface area is 222 Å². The molecule has 3 fully saturated rings. The van der Waals surface area contributed by atoms with E-state index in [0.29, 0.717) is 28.5 Å². The normalized spacial score (nSPS) is 22.7. The van der Waals surface area contributed by atoms with Crippen molar-refractivity contribution in [2.45, 2.75) is 75.6 Å². The number of rotatable bonds is 8. The van der Waals surface area contributed by atoms with E-state index in [4.69, 9.17) is 14.0 Å². The van der Waals surface area contributed by atoms with E-state index in [-0.39, 0.29) is 42.0 Å². The van der Waals surface area contributed by atoms with Crippen LogP contribution in [0.3, 0.4) is 0 Å². The largest absolute Gasteiger partial charge is 0.573 e. The minimum absolute atomic E-state index is 0.0513. The lowest BCUT2D eigenvalue weighted by atomic mass is 9.99. The summed E-state index contributed by atoms with van der Waals surface area (Å²) >= 11 is 0. The molecule has 2 aliphatic heterocycles. The first-order valence-corrected chi connectivity index (χ1v) is 12.9. The second-order valence-corrected chi connectivity index (χ2v) is 10.2. The molecule has 2 saturated heterocycles. The number of carbonyl (C=O) groups excluding carboxylic acids is 1. The van der Waals surface area contributed by atoms with Crippen LogP contribution >= 0.6 is 0 Å². The Hall–Kier alpha value is -3.67. The molecular formula is C27H27F3N4O5. The molecule has 2 unspecified atom stereocenters. The Morgan fingerprint density at radius 2 is 1.77 bits per heavy atom. The molecule has 4 heterocycles. The van der Waals surface area contributed by atoms with Gasteiger partial charge < -0.3 is 23.6 Å². The molecule has 2 bridgehead atoms. The topological polar surface area (TPSA) is 99.8 Å². The number of anilines is 1. The minimum Gasteiger partial charge on any atom is -0.465 e. The fourth-order valence-corrected chi connectivity index (χ4v) is 5.68. The predicted molar refractivity (Wildman–Crippen MR) is 131 cm³/mol. The molecule has 1 aromatic carbocycles. The smallest absolute Gasteiger partial charge is 0.465 e. The zero-order valence-electron chi connectivity index (χ0n) is 21.2. The van der Waals surface area contributed by atoms with Crippen molar-refractivity contribution in [3.8, 4) is 17.0 Å². The molecule has 3 aromatic rings. The van der Waals surface area contributed by atoms with Crippen molar-refractivity contribution in [2.75, 3.05) is 12.0 Å². The Bertz CT molecular complexity index is 1330. The van der Waals surface area contributed by atoms with Gasteiger partial charge in [-0.3, -0.25) is 0 Å². The number of hydrogen-bond donors (Lipinski definition) is 0. The van der Waals surface area contributed by atoms with Crippen molar-refractivity contribution in [3.63, 3.8) is 0 Å². The molecule has 0 spiro atoms. The summed E-state index contributed by atoms with van der Waals surface area (Å²) in [5.41, 5.74) is 1.50. The Morgan fingerprint density at radius 1 is 1.08 bits per heavy atom. The first kappa shape index (κ1) is 25.6. The molecule has 39 heavy (non-hydrogen) atoms. The molecular weight excluding hydrogens is 517 g/mol. The second-order valence-electron chi connectivity index (χ2n) is 10.2. The number of hydrogen-bond acceptors (Lipinski definition) is 9. The van der Waals surface area contributed by atoms with Crippen LogP contribution in [0, 0.1) is 0 Å². The van der Waals surface area contributed by atoms with Gasteiger partial charge in [0.05, 0.1) is 25.4 Å². The van der Waals surface area contributed by atoms with Gasteiger partial charge in [-0.15, -0.1) is 13.2 Å². The maximum Gasteiger partial charge on any atom is 0.573 e. The quantitative estimate of drug-likeness (QED) is 0.345. The number of alkyl halides is 3. The average molecular weight is 545 g/mol. The van der Waals surface area contributed by atoms with E-state index in [9.17, 15) is 18.0 Å². The second kappa shape index (κ2) is 10.1. The highest BCUT2D eigenvalue weighted by Gasteiger charge is 2.43. The van der Waals surface area contributed by atoms with E-state index < -0.39 is 12.3 Å². The first-order chi connectivity index (χ1) is 18.8. The molecule has 1 aliphatic carbocycles. The molecule has 9 nitrogen and oxygen atoms in total. The van der Waals surface area contributed by atoms with Gasteiger partial charge in [-0.05, 0) is 50.7 Å². The predicted octanol–water partition coefficient (Wildman–Crippen LogP) is 5.41. The third kappa shape index (κ3) is 5.29. The number of para-hydroxylation sites is 1. The first-order valence-electron chi connectivity index (χ1n) is 12.9. The number of aromatic nitrogens is 3. The molecule has 0 amide bonds. The van der Waals surface area contributed by atoms with Crippen LogP contribution in [0.1, 0.15) is 66.1 Å². The van der Waals surface area contributed by atoms with Gasteiger partial charge in [0.25, 0.3) is 0 Å². The van der Waals surface area contributed by atoms with Gasteiger partial charge in [-0.2, -0.15) is 0 Å². The van der Waals surface area contributed by atoms with Gasteiger partial charge in [0.2, 0.25) is 5.95 Å². The summed E-state index contributed by atoms with van der Waals surface area (Å²) in [5.74, 6) is 0.636. The van der Waals surface area contributed by atoms with Gasteiger partial charge in [0.15, 0.2) is 0 Å². The van der Waals surface area contributed by atoms with E-state index in [2.05, 4.69) is 24.8 Å². The van der Waals surface area contributed by atoms with Crippen molar-refractivity contribution in [3.05, 3.63) is 53.5 Å². The van der Waals surface area contributed by atoms with E-state index in [1.165, 1.54) is 31.6 Å². The van der Waals surface area contributed by atoms with Crippen molar-refractivity contribution in [2.24, 2.45) is 0 Å². The number of nitrogens with zero attached hydrogens (tertiary/aromatic N) is 4. The van der Waals surface area contributed by atoms with Crippen LogP contribution in [0.2, 0.25) is 0 Å². The summed E-state index contributed by atoms with van der Waals surface area (Å²) < 4.78 is 60.2. The number of benzene rings is 1. The Balaban J connectivity index is 1.18. The summed E-state index contributed by atoms with van der Waals surface area (Å²) in [7, 11) is 1.31. The van der Waals surface area contributed by atoms with Crippen LogP contribution in [0.15, 0.2) is 41.2 Å².